The molecule has 0 aliphatic carbocycles. The van der Waals surface area contributed by atoms with Crippen LogP contribution in [0.1, 0.15) is 27.2 Å². The summed E-state index contributed by atoms with van der Waals surface area (Å²) in [5, 5.41) is 3.98. The summed E-state index contributed by atoms with van der Waals surface area (Å²) in [4.78, 5) is 15.5. The van der Waals surface area contributed by atoms with Gasteiger partial charge in [0.15, 0.2) is 0 Å². The van der Waals surface area contributed by atoms with Crippen LogP contribution in [0.25, 0.3) is 10.9 Å². The van der Waals surface area contributed by atoms with Gasteiger partial charge in [-0.05, 0) is 61.7 Å². The third-order valence-corrected chi connectivity index (χ3v) is 3.79. The lowest BCUT2D eigenvalue weighted by Crippen LogP contribution is -2.12. The lowest BCUT2D eigenvalue weighted by Gasteiger charge is -2.06. The van der Waals surface area contributed by atoms with Crippen LogP contribution >= 0.6 is 0 Å². The summed E-state index contributed by atoms with van der Waals surface area (Å²) in [7, 11) is 0. The number of aryl methyl sites for hydroxylation is 3. The van der Waals surface area contributed by atoms with Crippen molar-refractivity contribution in [2.24, 2.45) is 0 Å². The van der Waals surface area contributed by atoms with Crippen molar-refractivity contribution in [3.8, 4) is 0 Å². The molecule has 3 heteroatoms. The van der Waals surface area contributed by atoms with Gasteiger partial charge >= 0.3 is 0 Å². The fourth-order valence-electron chi connectivity index (χ4n) is 2.38. The van der Waals surface area contributed by atoms with E-state index in [2.05, 4.69) is 17.2 Å². The first kappa shape index (κ1) is 13.4. The third-order valence-electron chi connectivity index (χ3n) is 3.79. The summed E-state index contributed by atoms with van der Waals surface area (Å²) in [5.74, 6) is -0.118. The van der Waals surface area contributed by atoms with E-state index < -0.39 is 0 Å². The van der Waals surface area contributed by atoms with Gasteiger partial charge in [0.2, 0.25) is 0 Å². The molecule has 0 saturated carbocycles. The number of carbonyl (C=O) groups excluding carboxylic acids is 1. The maximum atomic E-state index is 12.3. The maximum absolute atomic E-state index is 12.3. The van der Waals surface area contributed by atoms with Crippen molar-refractivity contribution in [1.82, 2.24) is 4.98 Å². The predicted octanol–water partition coefficient (Wildman–Crippen LogP) is 4.35. The fourth-order valence-corrected chi connectivity index (χ4v) is 2.38. The normalized spacial score (nSPS) is 10.8. The second-order valence-electron chi connectivity index (χ2n) is 5.53. The number of carbonyl (C=O) groups is 1. The minimum atomic E-state index is -0.118. The van der Waals surface area contributed by atoms with Crippen LogP contribution in [-0.2, 0) is 0 Å². The van der Waals surface area contributed by atoms with E-state index in [0.29, 0.717) is 5.69 Å². The van der Waals surface area contributed by atoms with Crippen LogP contribution < -0.4 is 5.32 Å². The van der Waals surface area contributed by atoms with Gasteiger partial charge < -0.3 is 10.3 Å². The number of hydrogen-bond donors (Lipinski definition) is 2. The average Bonchev–Trinajstić information content (AvgIpc) is 2.86. The highest BCUT2D eigenvalue weighted by Crippen LogP contribution is 2.19. The highest BCUT2D eigenvalue weighted by molar-refractivity contribution is 6.06. The van der Waals surface area contributed by atoms with Crippen molar-refractivity contribution >= 4 is 22.5 Å². The van der Waals surface area contributed by atoms with E-state index in [9.17, 15) is 4.79 Å². The highest BCUT2D eigenvalue weighted by Gasteiger charge is 2.10. The van der Waals surface area contributed by atoms with Crippen LogP contribution in [-0.4, -0.2) is 10.9 Å². The quantitative estimate of drug-likeness (QED) is 0.719. The van der Waals surface area contributed by atoms with Gasteiger partial charge in [0.25, 0.3) is 5.91 Å². The van der Waals surface area contributed by atoms with Gasteiger partial charge in [-0.1, -0.05) is 18.2 Å². The smallest absolute Gasteiger partial charge is 0.272 e. The molecule has 0 spiro atoms. The van der Waals surface area contributed by atoms with Crippen molar-refractivity contribution in [2.75, 3.05) is 5.32 Å². The van der Waals surface area contributed by atoms with Crippen LogP contribution in [0.15, 0.2) is 42.5 Å². The number of amides is 1. The van der Waals surface area contributed by atoms with E-state index in [1.165, 1.54) is 16.7 Å². The Morgan fingerprint density at radius 2 is 1.76 bits per heavy atom. The molecular formula is C18H18N2O. The zero-order chi connectivity index (χ0) is 15.0. The number of aromatic nitrogens is 1. The Kier molecular flexibility index (Phi) is 3.26. The van der Waals surface area contributed by atoms with Gasteiger partial charge in [-0.2, -0.15) is 0 Å². The molecule has 2 aromatic carbocycles. The summed E-state index contributed by atoms with van der Waals surface area (Å²) in [5.41, 5.74) is 5.94. The number of hydrogen-bond acceptors (Lipinski definition) is 1. The molecule has 1 aromatic heterocycles. The molecule has 0 unspecified atom stereocenters. The van der Waals surface area contributed by atoms with Crippen molar-refractivity contribution < 1.29 is 4.79 Å². The van der Waals surface area contributed by atoms with Gasteiger partial charge in [0, 0.05) is 16.6 Å². The lowest BCUT2D eigenvalue weighted by atomic mass is 10.1. The number of aromatic amines is 1. The second-order valence-corrected chi connectivity index (χ2v) is 5.53. The highest BCUT2D eigenvalue weighted by atomic mass is 16.1. The third kappa shape index (κ3) is 2.68. The van der Waals surface area contributed by atoms with Gasteiger partial charge in [-0.3, -0.25) is 4.79 Å². The molecule has 3 aromatic rings. The van der Waals surface area contributed by atoms with Crippen LogP contribution in [0.3, 0.4) is 0 Å². The van der Waals surface area contributed by atoms with Gasteiger partial charge in [-0.25, -0.2) is 0 Å². The number of benzene rings is 2. The van der Waals surface area contributed by atoms with Gasteiger partial charge in [0.05, 0.1) is 0 Å². The monoisotopic (exact) mass is 278 g/mol. The zero-order valence-electron chi connectivity index (χ0n) is 12.4. The van der Waals surface area contributed by atoms with E-state index in [1.807, 2.05) is 56.3 Å². The SMILES string of the molecule is Cc1ccc2cc(C(=O)Nc3ccc(C)c(C)c3)[nH]c2c1. The molecule has 0 atom stereocenters. The molecule has 0 radical (unpaired) electrons. The minimum absolute atomic E-state index is 0.118. The summed E-state index contributed by atoms with van der Waals surface area (Å²) in [6.45, 7) is 6.13. The van der Waals surface area contributed by atoms with Crippen molar-refractivity contribution in [3.63, 3.8) is 0 Å². The molecule has 1 amide bonds. The standard InChI is InChI=1S/C18H18N2O/c1-11-4-6-14-10-17(20-16(14)8-11)18(21)19-15-7-5-12(2)13(3)9-15/h4-10,20H,1-3H3,(H,19,21). The second kappa shape index (κ2) is 5.09. The van der Waals surface area contributed by atoms with Gasteiger partial charge in [-0.15, -0.1) is 0 Å². The van der Waals surface area contributed by atoms with E-state index in [1.54, 1.807) is 0 Å². The number of fused-ring (bicyclic) bond motifs is 1. The summed E-state index contributed by atoms with van der Waals surface area (Å²) < 4.78 is 0. The number of rotatable bonds is 2. The molecule has 106 valence electrons. The molecule has 0 aliphatic heterocycles. The van der Waals surface area contributed by atoms with Crippen molar-refractivity contribution in [1.29, 1.82) is 0 Å². The summed E-state index contributed by atoms with van der Waals surface area (Å²) >= 11 is 0. The first-order valence-corrected chi connectivity index (χ1v) is 7.01. The largest absolute Gasteiger partial charge is 0.351 e. The molecule has 3 nitrogen and oxygen atoms in total. The number of H-pyrrole nitrogens is 1. The Balaban J connectivity index is 1.87. The van der Waals surface area contributed by atoms with E-state index in [4.69, 9.17) is 0 Å². The van der Waals surface area contributed by atoms with Crippen LogP contribution in [0, 0.1) is 20.8 Å². The van der Waals surface area contributed by atoms with Gasteiger partial charge in [0.1, 0.15) is 5.69 Å². The summed E-state index contributed by atoms with van der Waals surface area (Å²) in [6, 6.07) is 13.9. The number of nitrogens with one attached hydrogen (secondary N) is 2. The Labute approximate surface area is 124 Å². The van der Waals surface area contributed by atoms with E-state index in [-0.39, 0.29) is 5.91 Å². The molecule has 0 saturated heterocycles. The minimum Gasteiger partial charge on any atom is -0.351 e. The van der Waals surface area contributed by atoms with Crippen LogP contribution in [0.5, 0.6) is 0 Å². The zero-order valence-corrected chi connectivity index (χ0v) is 12.4. The van der Waals surface area contributed by atoms with Crippen molar-refractivity contribution in [2.45, 2.75) is 20.8 Å². The molecule has 21 heavy (non-hydrogen) atoms. The topological polar surface area (TPSA) is 44.9 Å². The Hall–Kier alpha value is -2.55. The molecule has 1 heterocycles. The average molecular weight is 278 g/mol. The lowest BCUT2D eigenvalue weighted by molar-refractivity contribution is 0.102. The van der Waals surface area contributed by atoms with Crippen LogP contribution in [0.4, 0.5) is 5.69 Å². The molecule has 0 bridgehead atoms. The van der Waals surface area contributed by atoms with Crippen molar-refractivity contribution in [3.05, 3.63) is 64.8 Å². The first-order chi connectivity index (χ1) is 10.0. The maximum Gasteiger partial charge on any atom is 0.272 e. The fraction of sp³-hybridized carbons (Fsp3) is 0.167. The van der Waals surface area contributed by atoms with E-state index in [0.717, 1.165) is 16.6 Å². The molecule has 3 rings (SSSR count). The molecular weight excluding hydrogens is 260 g/mol. The van der Waals surface area contributed by atoms with E-state index >= 15 is 0 Å². The Morgan fingerprint density at radius 1 is 0.952 bits per heavy atom. The molecule has 0 fully saturated rings. The predicted molar refractivity (Wildman–Crippen MR) is 86.9 cm³/mol. The Bertz CT molecular complexity index is 830. The summed E-state index contributed by atoms with van der Waals surface area (Å²) in [6.07, 6.45) is 0. The Morgan fingerprint density at radius 3 is 2.52 bits per heavy atom. The van der Waals surface area contributed by atoms with Crippen LogP contribution in [0.2, 0.25) is 0 Å². The first-order valence-electron chi connectivity index (χ1n) is 7.01. The molecule has 2 N–H and O–H groups in total. The molecule has 0 aliphatic rings. The number of anilines is 1.